The number of nitrogens with zero attached hydrogens (tertiary/aromatic N) is 1. The highest BCUT2D eigenvalue weighted by Crippen LogP contribution is 2.19. The third-order valence-electron chi connectivity index (χ3n) is 4.31. The molecule has 140 valence electrons. The van der Waals surface area contributed by atoms with Gasteiger partial charge in [0.15, 0.2) is 0 Å². The molecule has 5 nitrogen and oxygen atoms in total. The fourth-order valence-electron chi connectivity index (χ4n) is 2.88. The van der Waals surface area contributed by atoms with Crippen LogP contribution in [0, 0.1) is 0 Å². The molecule has 0 radical (unpaired) electrons. The lowest BCUT2D eigenvalue weighted by atomic mass is 10.1. The van der Waals surface area contributed by atoms with Gasteiger partial charge in [0.05, 0.1) is 10.9 Å². The number of hydrogen-bond acceptors (Lipinski definition) is 4. The molecule has 2 aromatic rings. The Balaban J connectivity index is 1.82. The Morgan fingerprint density at radius 1 is 1.04 bits per heavy atom. The summed E-state index contributed by atoms with van der Waals surface area (Å²) in [6.45, 7) is 6.99. The van der Waals surface area contributed by atoms with Crippen LogP contribution in [-0.2, 0) is 4.79 Å². The van der Waals surface area contributed by atoms with Gasteiger partial charge in [0.2, 0.25) is 5.91 Å². The van der Waals surface area contributed by atoms with Crippen LogP contribution in [0.5, 0.6) is 0 Å². The Labute approximate surface area is 159 Å². The summed E-state index contributed by atoms with van der Waals surface area (Å²) in [4.78, 5) is 27.0. The van der Waals surface area contributed by atoms with Gasteiger partial charge in [-0.15, -0.1) is 11.3 Å². The van der Waals surface area contributed by atoms with E-state index in [1.807, 2.05) is 29.6 Å². The van der Waals surface area contributed by atoms with Gasteiger partial charge in [-0.2, -0.15) is 0 Å². The zero-order chi connectivity index (χ0) is 18.8. The van der Waals surface area contributed by atoms with Gasteiger partial charge in [-0.1, -0.05) is 50.2 Å². The molecule has 2 N–H and O–H groups in total. The van der Waals surface area contributed by atoms with Crippen LogP contribution in [-0.4, -0.2) is 42.9 Å². The number of likely N-dealkylation sites (N-methyl/N-ethyl adjacent to an activating group) is 1. The summed E-state index contributed by atoms with van der Waals surface area (Å²) < 4.78 is 0. The van der Waals surface area contributed by atoms with Crippen molar-refractivity contribution < 1.29 is 9.59 Å². The molecule has 1 atom stereocenters. The highest BCUT2D eigenvalue weighted by Gasteiger charge is 2.18. The third-order valence-corrected chi connectivity index (χ3v) is 5.18. The summed E-state index contributed by atoms with van der Waals surface area (Å²) in [5.41, 5.74) is 1.20. The molecule has 1 aromatic carbocycles. The number of hydrogen-bond donors (Lipinski definition) is 2. The zero-order valence-electron chi connectivity index (χ0n) is 15.4. The van der Waals surface area contributed by atoms with Crippen LogP contribution >= 0.6 is 11.3 Å². The van der Waals surface area contributed by atoms with Gasteiger partial charge >= 0.3 is 0 Å². The molecule has 0 aliphatic carbocycles. The highest BCUT2D eigenvalue weighted by molar-refractivity contribution is 7.12. The summed E-state index contributed by atoms with van der Waals surface area (Å²) in [6.07, 6.45) is 0.275. The maximum absolute atomic E-state index is 12.2. The molecule has 0 saturated heterocycles. The van der Waals surface area contributed by atoms with E-state index >= 15 is 0 Å². The van der Waals surface area contributed by atoms with E-state index in [0.29, 0.717) is 18.0 Å². The quantitative estimate of drug-likeness (QED) is 0.673. The summed E-state index contributed by atoms with van der Waals surface area (Å²) in [7, 11) is 0. The highest BCUT2D eigenvalue weighted by atomic mass is 32.1. The van der Waals surface area contributed by atoms with Gasteiger partial charge in [0.25, 0.3) is 5.91 Å². The first-order valence-electron chi connectivity index (χ1n) is 9.03. The van der Waals surface area contributed by atoms with Crippen molar-refractivity contribution >= 4 is 23.2 Å². The number of carbonyl (C=O) groups excluding carboxylic acids is 2. The average Bonchev–Trinajstić information content (AvgIpc) is 3.20. The lowest BCUT2D eigenvalue weighted by molar-refractivity contribution is -0.121. The van der Waals surface area contributed by atoms with E-state index in [1.165, 1.54) is 16.9 Å². The van der Waals surface area contributed by atoms with E-state index < -0.39 is 0 Å². The number of carbonyl (C=O) groups is 2. The van der Waals surface area contributed by atoms with Crippen LogP contribution in [0.2, 0.25) is 0 Å². The molecule has 0 aliphatic rings. The van der Waals surface area contributed by atoms with Crippen molar-refractivity contribution in [3.63, 3.8) is 0 Å². The van der Waals surface area contributed by atoms with Crippen molar-refractivity contribution in [2.24, 2.45) is 0 Å². The first-order valence-corrected chi connectivity index (χ1v) is 9.91. The standard InChI is InChI=1S/C20H27N3O2S/c1-3-23(4-2)17(16-9-6-5-7-10-16)15-22-19(24)12-13-21-20(25)18-11-8-14-26-18/h5-11,14,17H,3-4,12-13,15H2,1-2H3,(H,21,25)(H,22,24)/t17-/m1/s1. The van der Waals surface area contributed by atoms with Crippen LogP contribution in [0.1, 0.15) is 41.5 Å². The Bertz CT molecular complexity index is 670. The molecule has 0 fully saturated rings. The number of thiophene rings is 1. The molecule has 0 unspecified atom stereocenters. The van der Waals surface area contributed by atoms with Gasteiger partial charge in [-0.3, -0.25) is 14.5 Å². The van der Waals surface area contributed by atoms with Crippen molar-refractivity contribution in [1.29, 1.82) is 0 Å². The molecule has 2 amide bonds. The minimum Gasteiger partial charge on any atom is -0.354 e. The fourth-order valence-corrected chi connectivity index (χ4v) is 3.52. The Morgan fingerprint density at radius 2 is 1.77 bits per heavy atom. The Morgan fingerprint density at radius 3 is 2.38 bits per heavy atom. The Hall–Kier alpha value is -2.18. The van der Waals surface area contributed by atoms with Crippen molar-refractivity contribution in [2.75, 3.05) is 26.2 Å². The maximum atomic E-state index is 12.2. The second kappa shape index (κ2) is 10.7. The molecular formula is C20H27N3O2S. The average molecular weight is 374 g/mol. The van der Waals surface area contributed by atoms with Gasteiger partial charge in [-0.05, 0) is 30.1 Å². The smallest absolute Gasteiger partial charge is 0.261 e. The van der Waals surface area contributed by atoms with Crippen LogP contribution in [0.4, 0.5) is 0 Å². The molecule has 0 aliphatic heterocycles. The third kappa shape index (κ3) is 5.97. The second-order valence-corrected chi connectivity index (χ2v) is 6.88. The van der Waals surface area contributed by atoms with E-state index in [4.69, 9.17) is 0 Å². The van der Waals surface area contributed by atoms with Crippen LogP contribution in [0.3, 0.4) is 0 Å². The van der Waals surface area contributed by atoms with Gasteiger partial charge in [0.1, 0.15) is 0 Å². The largest absolute Gasteiger partial charge is 0.354 e. The van der Waals surface area contributed by atoms with E-state index in [2.05, 4.69) is 41.5 Å². The Kier molecular flexibility index (Phi) is 8.31. The van der Waals surface area contributed by atoms with Crippen molar-refractivity contribution in [3.05, 3.63) is 58.3 Å². The number of nitrogens with one attached hydrogen (secondary N) is 2. The normalized spacial score (nSPS) is 12.0. The van der Waals surface area contributed by atoms with Crippen molar-refractivity contribution in [2.45, 2.75) is 26.3 Å². The summed E-state index contributed by atoms with van der Waals surface area (Å²) in [6, 6.07) is 14.0. The van der Waals surface area contributed by atoms with Crippen molar-refractivity contribution in [3.8, 4) is 0 Å². The van der Waals surface area contributed by atoms with Gasteiger partial charge in [0, 0.05) is 19.5 Å². The molecule has 0 bridgehead atoms. The van der Waals surface area contributed by atoms with E-state index in [-0.39, 0.29) is 24.3 Å². The second-order valence-electron chi connectivity index (χ2n) is 5.93. The SMILES string of the molecule is CCN(CC)[C@H](CNC(=O)CCNC(=O)c1cccs1)c1ccccc1. The molecule has 2 rings (SSSR count). The zero-order valence-corrected chi connectivity index (χ0v) is 16.2. The molecule has 26 heavy (non-hydrogen) atoms. The molecule has 1 aromatic heterocycles. The van der Waals surface area contributed by atoms with E-state index in [0.717, 1.165) is 13.1 Å². The minimum absolute atomic E-state index is 0.0513. The molecule has 0 spiro atoms. The molecule has 0 saturated carbocycles. The first-order chi connectivity index (χ1) is 12.7. The first kappa shape index (κ1) is 20.1. The lowest BCUT2D eigenvalue weighted by Gasteiger charge is -2.30. The van der Waals surface area contributed by atoms with Crippen LogP contribution < -0.4 is 10.6 Å². The summed E-state index contributed by atoms with van der Waals surface area (Å²) in [5.74, 6) is -0.178. The monoisotopic (exact) mass is 373 g/mol. The van der Waals surface area contributed by atoms with Crippen LogP contribution in [0.25, 0.3) is 0 Å². The number of benzene rings is 1. The van der Waals surface area contributed by atoms with Crippen molar-refractivity contribution in [1.82, 2.24) is 15.5 Å². The van der Waals surface area contributed by atoms with E-state index in [9.17, 15) is 9.59 Å². The predicted octanol–water partition coefficient (Wildman–Crippen LogP) is 3.07. The summed E-state index contributed by atoms with van der Waals surface area (Å²) in [5, 5.41) is 7.65. The van der Waals surface area contributed by atoms with Gasteiger partial charge < -0.3 is 10.6 Å². The van der Waals surface area contributed by atoms with Gasteiger partial charge in [-0.25, -0.2) is 0 Å². The number of amides is 2. The number of rotatable bonds is 10. The fraction of sp³-hybridized carbons (Fsp3) is 0.400. The minimum atomic E-state index is -0.127. The predicted molar refractivity (Wildman–Crippen MR) is 106 cm³/mol. The van der Waals surface area contributed by atoms with Crippen LogP contribution in [0.15, 0.2) is 47.8 Å². The summed E-state index contributed by atoms with van der Waals surface area (Å²) >= 11 is 1.39. The van der Waals surface area contributed by atoms with E-state index in [1.54, 1.807) is 6.07 Å². The maximum Gasteiger partial charge on any atom is 0.261 e. The molecule has 1 heterocycles. The lowest BCUT2D eigenvalue weighted by Crippen LogP contribution is -2.39. The topological polar surface area (TPSA) is 61.4 Å². The molecule has 6 heteroatoms. The molecular weight excluding hydrogens is 346 g/mol.